The molecule has 0 aromatic carbocycles. The van der Waals surface area contributed by atoms with Gasteiger partial charge in [-0.15, -0.1) is 0 Å². The van der Waals surface area contributed by atoms with Crippen LogP contribution in [0, 0.1) is 17.8 Å². The lowest BCUT2D eigenvalue weighted by molar-refractivity contribution is -0.129. The molecule has 4 aliphatic rings. The van der Waals surface area contributed by atoms with E-state index < -0.39 is 5.97 Å². The van der Waals surface area contributed by atoms with Crippen LogP contribution in [0.25, 0.3) is 0 Å². The number of hydrazine groups is 1. The Balaban J connectivity index is 1.66. The van der Waals surface area contributed by atoms with Crippen molar-refractivity contribution in [1.29, 1.82) is 0 Å². The summed E-state index contributed by atoms with van der Waals surface area (Å²) in [5.41, 5.74) is 6.06. The Morgan fingerprint density at radius 2 is 1.59 bits per heavy atom. The van der Waals surface area contributed by atoms with Crippen LogP contribution in [0.2, 0.25) is 0 Å². The highest BCUT2D eigenvalue weighted by Gasteiger charge is 2.51. The van der Waals surface area contributed by atoms with Crippen LogP contribution in [0.5, 0.6) is 0 Å². The lowest BCUT2D eigenvalue weighted by Gasteiger charge is -2.56. The summed E-state index contributed by atoms with van der Waals surface area (Å²) in [7, 11) is 0. The Morgan fingerprint density at radius 1 is 1.12 bits per heavy atom. The molecule has 4 fully saturated rings. The van der Waals surface area contributed by atoms with Crippen LogP contribution in [0.3, 0.4) is 0 Å². The summed E-state index contributed by atoms with van der Waals surface area (Å²) in [5, 5.41) is 8.75. The number of thiocarbonyl (C=S) groups is 1. The highest BCUT2D eigenvalue weighted by molar-refractivity contribution is 7.81. The fourth-order valence-electron chi connectivity index (χ4n) is 4.51. The van der Waals surface area contributed by atoms with Crippen molar-refractivity contribution in [2.24, 2.45) is 17.8 Å². The summed E-state index contributed by atoms with van der Waals surface area (Å²) in [6.07, 6.45) is 7.66. The summed E-state index contributed by atoms with van der Waals surface area (Å²) >= 11 is 4.76. The second-order valence-corrected chi connectivity index (χ2v) is 6.49. The first-order valence-electron chi connectivity index (χ1n) is 6.37. The quantitative estimate of drug-likeness (QED) is 0.514. The zero-order chi connectivity index (χ0) is 12.0. The number of carboxylic acid groups (broad SMARTS) is 1. The Kier molecular flexibility index (Phi) is 2.63. The molecule has 94 valence electrons. The van der Waals surface area contributed by atoms with Gasteiger partial charge in [0.1, 0.15) is 0 Å². The maximum Gasteiger partial charge on any atom is 0.364 e. The number of rotatable bonds is 2. The van der Waals surface area contributed by atoms with E-state index in [0.29, 0.717) is 0 Å². The molecule has 4 rings (SSSR count). The Labute approximate surface area is 106 Å². The average molecular weight is 254 g/mol. The van der Waals surface area contributed by atoms with Gasteiger partial charge in [-0.3, -0.25) is 0 Å². The predicted octanol–water partition coefficient (Wildman–Crippen LogP) is 1.46. The van der Waals surface area contributed by atoms with Crippen molar-refractivity contribution in [3.8, 4) is 0 Å². The van der Waals surface area contributed by atoms with Crippen molar-refractivity contribution in [1.82, 2.24) is 10.9 Å². The van der Waals surface area contributed by atoms with E-state index in [1.165, 1.54) is 38.5 Å². The molecule has 0 saturated heterocycles. The second kappa shape index (κ2) is 3.92. The van der Waals surface area contributed by atoms with Crippen molar-refractivity contribution in [2.75, 3.05) is 0 Å². The maximum atomic E-state index is 10.7. The molecule has 0 unspecified atom stereocenters. The topological polar surface area (TPSA) is 61.4 Å². The van der Waals surface area contributed by atoms with Gasteiger partial charge in [0.15, 0.2) is 4.99 Å². The van der Waals surface area contributed by atoms with Gasteiger partial charge in [0.05, 0.1) is 0 Å². The first kappa shape index (κ1) is 11.4. The van der Waals surface area contributed by atoms with E-state index in [4.69, 9.17) is 17.3 Å². The molecule has 17 heavy (non-hydrogen) atoms. The number of carboxylic acids is 1. The molecule has 0 atom stereocenters. The zero-order valence-corrected chi connectivity index (χ0v) is 10.6. The predicted molar refractivity (Wildman–Crippen MR) is 67.4 cm³/mol. The van der Waals surface area contributed by atoms with Crippen molar-refractivity contribution in [3.63, 3.8) is 0 Å². The van der Waals surface area contributed by atoms with Gasteiger partial charge in [-0.1, -0.05) is 12.2 Å². The van der Waals surface area contributed by atoms with Crippen LogP contribution in [-0.4, -0.2) is 21.6 Å². The van der Waals surface area contributed by atoms with E-state index in [2.05, 4.69) is 10.9 Å². The second-order valence-electron chi connectivity index (χ2n) is 6.08. The number of hydrogen-bond acceptors (Lipinski definition) is 3. The van der Waals surface area contributed by atoms with Crippen LogP contribution in [0.15, 0.2) is 0 Å². The number of carbonyl (C=O) groups is 1. The first-order chi connectivity index (χ1) is 8.06. The third-order valence-corrected chi connectivity index (χ3v) is 4.95. The van der Waals surface area contributed by atoms with Crippen molar-refractivity contribution in [3.05, 3.63) is 0 Å². The molecule has 4 saturated carbocycles. The summed E-state index contributed by atoms with van der Waals surface area (Å²) in [4.78, 5) is 10.5. The minimum atomic E-state index is -1.06. The van der Waals surface area contributed by atoms with Gasteiger partial charge in [0, 0.05) is 5.54 Å². The largest absolute Gasteiger partial charge is 0.476 e. The van der Waals surface area contributed by atoms with Crippen molar-refractivity contribution >= 4 is 23.2 Å². The molecular weight excluding hydrogens is 236 g/mol. The summed E-state index contributed by atoms with van der Waals surface area (Å²) in [6.45, 7) is 0. The Bertz CT molecular complexity index is 334. The number of nitrogens with one attached hydrogen (secondary N) is 2. The van der Waals surface area contributed by atoms with Crippen LogP contribution in [-0.2, 0) is 4.79 Å². The van der Waals surface area contributed by atoms with E-state index in [1.54, 1.807) is 0 Å². The molecule has 0 aromatic heterocycles. The van der Waals surface area contributed by atoms with E-state index in [9.17, 15) is 4.79 Å². The minimum Gasteiger partial charge on any atom is -0.476 e. The molecule has 4 aliphatic carbocycles. The standard InChI is InChI=1S/C12H18N2O2S/c15-11(16)10(17)13-14-12-4-7-1-8(5-12)3-9(2-7)6-12/h7-9,14H,1-6H2,(H,13,17)(H,15,16). The van der Waals surface area contributed by atoms with Crippen molar-refractivity contribution < 1.29 is 9.90 Å². The SMILES string of the molecule is O=C(O)C(=S)NNC12CC3CC(CC(C3)C1)C2. The number of aliphatic carboxylic acids is 1. The molecule has 0 radical (unpaired) electrons. The fourth-order valence-corrected chi connectivity index (χ4v) is 4.56. The Morgan fingerprint density at radius 3 is 2.00 bits per heavy atom. The van der Waals surface area contributed by atoms with Crippen LogP contribution in [0.1, 0.15) is 38.5 Å². The van der Waals surface area contributed by atoms with E-state index in [-0.39, 0.29) is 10.5 Å². The molecule has 0 aromatic rings. The number of hydrogen-bond donors (Lipinski definition) is 3. The normalized spacial score (nSPS) is 42.5. The van der Waals surface area contributed by atoms with Crippen LogP contribution in [0.4, 0.5) is 0 Å². The molecule has 0 heterocycles. The average Bonchev–Trinajstić information content (AvgIpc) is 2.24. The van der Waals surface area contributed by atoms with Gasteiger partial charge in [-0.2, -0.15) is 0 Å². The van der Waals surface area contributed by atoms with Gasteiger partial charge < -0.3 is 10.5 Å². The maximum absolute atomic E-state index is 10.7. The van der Waals surface area contributed by atoms with E-state index >= 15 is 0 Å². The smallest absolute Gasteiger partial charge is 0.364 e. The minimum absolute atomic E-state index is 0.105. The van der Waals surface area contributed by atoms with Crippen molar-refractivity contribution in [2.45, 2.75) is 44.1 Å². The highest BCUT2D eigenvalue weighted by Crippen LogP contribution is 2.55. The third-order valence-electron chi connectivity index (χ3n) is 4.67. The molecule has 4 nitrogen and oxygen atoms in total. The molecule has 0 amide bonds. The summed E-state index contributed by atoms with van der Waals surface area (Å²) in [5.74, 6) is 1.47. The summed E-state index contributed by atoms with van der Waals surface area (Å²) < 4.78 is 0. The molecule has 3 N–H and O–H groups in total. The third kappa shape index (κ3) is 2.06. The first-order valence-corrected chi connectivity index (χ1v) is 6.77. The van der Waals surface area contributed by atoms with E-state index in [1.807, 2.05) is 0 Å². The monoisotopic (exact) mass is 254 g/mol. The van der Waals surface area contributed by atoms with Gasteiger partial charge in [0.25, 0.3) is 0 Å². The lowest BCUT2D eigenvalue weighted by atomic mass is 9.53. The van der Waals surface area contributed by atoms with E-state index in [0.717, 1.165) is 17.8 Å². The molecular formula is C12H18N2O2S. The van der Waals surface area contributed by atoms with Gasteiger partial charge in [0.2, 0.25) is 0 Å². The van der Waals surface area contributed by atoms with Gasteiger partial charge in [-0.25, -0.2) is 10.2 Å². The summed E-state index contributed by atoms with van der Waals surface area (Å²) in [6, 6.07) is 0. The zero-order valence-electron chi connectivity index (χ0n) is 9.74. The fraction of sp³-hybridized carbons (Fsp3) is 0.833. The van der Waals surface area contributed by atoms with Gasteiger partial charge in [-0.05, 0) is 56.3 Å². The molecule has 0 spiro atoms. The molecule has 0 aliphatic heterocycles. The molecule has 4 bridgehead atoms. The van der Waals surface area contributed by atoms with Crippen LogP contribution < -0.4 is 10.9 Å². The Hall–Kier alpha value is -0.680. The molecule has 5 heteroatoms. The highest BCUT2D eigenvalue weighted by atomic mass is 32.1. The van der Waals surface area contributed by atoms with Crippen LogP contribution >= 0.6 is 12.2 Å². The van der Waals surface area contributed by atoms with Gasteiger partial charge >= 0.3 is 5.97 Å². The lowest BCUT2D eigenvalue weighted by Crippen LogP contribution is -2.63.